The van der Waals surface area contributed by atoms with Crippen molar-refractivity contribution in [3.8, 4) is 5.75 Å². The Labute approximate surface area is 180 Å². The summed E-state index contributed by atoms with van der Waals surface area (Å²) in [6, 6.07) is 8.62. The van der Waals surface area contributed by atoms with Crippen LogP contribution in [0.3, 0.4) is 0 Å². The minimum absolute atomic E-state index is 0.431. The van der Waals surface area contributed by atoms with Gasteiger partial charge in [0.25, 0.3) is 0 Å². The monoisotopic (exact) mass is 461 g/mol. The van der Waals surface area contributed by atoms with Crippen molar-refractivity contribution in [2.45, 2.75) is 19.0 Å². The quantitative estimate of drug-likeness (QED) is 0.655. The first-order chi connectivity index (χ1) is 14.1. The first-order valence-electron chi connectivity index (χ1n) is 10.1. The van der Waals surface area contributed by atoms with Gasteiger partial charge in [0.2, 0.25) is 5.95 Å². The summed E-state index contributed by atoms with van der Waals surface area (Å²) in [5.41, 5.74) is 1.21. The van der Waals surface area contributed by atoms with E-state index in [2.05, 4.69) is 48.7 Å². The van der Waals surface area contributed by atoms with Crippen LogP contribution in [0.2, 0.25) is 0 Å². The molecule has 0 amide bonds. The Kier molecular flexibility index (Phi) is 6.52. The standard InChI is InChI=1S/C21H28BrN5O2/c1-25(20-5-7-23-21(24-20)27-9-11-29-12-10-27)18-6-8-26(15-18)14-16-13-17(22)3-4-19(16)28-2/h3-5,7,13,18H,6,8-12,14-15H2,1-2H3. The Hall–Kier alpha value is -1.90. The molecule has 2 saturated heterocycles. The lowest BCUT2D eigenvalue weighted by Crippen LogP contribution is -2.38. The molecule has 8 heteroatoms. The first-order valence-corrected chi connectivity index (χ1v) is 10.9. The van der Waals surface area contributed by atoms with Crippen molar-refractivity contribution >= 4 is 27.7 Å². The highest BCUT2D eigenvalue weighted by atomic mass is 79.9. The van der Waals surface area contributed by atoms with E-state index in [-0.39, 0.29) is 0 Å². The third-order valence-electron chi connectivity index (χ3n) is 5.72. The number of ether oxygens (including phenoxy) is 2. The molecule has 2 aliphatic rings. The van der Waals surface area contributed by atoms with Gasteiger partial charge in [0.05, 0.1) is 20.3 Å². The smallest absolute Gasteiger partial charge is 0.227 e. The van der Waals surface area contributed by atoms with Crippen molar-refractivity contribution in [1.29, 1.82) is 0 Å². The van der Waals surface area contributed by atoms with Gasteiger partial charge in [-0.2, -0.15) is 4.98 Å². The van der Waals surface area contributed by atoms with Gasteiger partial charge in [-0.25, -0.2) is 4.98 Å². The minimum Gasteiger partial charge on any atom is -0.496 e. The van der Waals surface area contributed by atoms with Crippen LogP contribution >= 0.6 is 15.9 Å². The van der Waals surface area contributed by atoms with E-state index in [1.807, 2.05) is 24.4 Å². The number of likely N-dealkylation sites (tertiary alicyclic amines) is 1. The molecule has 2 fully saturated rings. The molecule has 29 heavy (non-hydrogen) atoms. The largest absolute Gasteiger partial charge is 0.496 e. The van der Waals surface area contributed by atoms with Gasteiger partial charge in [-0.1, -0.05) is 15.9 Å². The lowest BCUT2D eigenvalue weighted by molar-refractivity contribution is 0.122. The van der Waals surface area contributed by atoms with Gasteiger partial charge in [-0.15, -0.1) is 0 Å². The molecule has 3 heterocycles. The molecule has 0 saturated carbocycles. The van der Waals surface area contributed by atoms with Crippen LogP contribution in [0, 0.1) is 0 Å². The van der Waals surface area contributed by atoms with Crippen molar-refractivity contribution in [1.82, 2.24) is 14.9 Å². The van der Waals surface area contributed by atoms with E-state index in [1.54, 1.807) is 7.11 Å². The normalized spacial score (nSPS) is 20.1. The number of nitrogens with zero attached hydrogens (tertiary/aromatic N) is 5. The van der Waals surface area contributed by atoms with Crippen LogP contribution in [0.25, 0.3) is 0 Å². The molecule has 1 aromatic carbocycles. The number of benzene rings is 1. The molecule has 7 nitrogen and oxygen atoms in total. The third kappa shape index (κ3) is 4.82. The lowest BCUT2D eigenvalue weighted by atomic mass is 10.2. The molecule has 1 aromatic heterocycles. The van der Waals surface area contributed by atoms with E-state index >= 15 is 0 Å². The van der Waals surface area contributed by atoms with E-state index in [9.17, 15) is 0 Å². The number of anilines is 2. The second-order valence-corrected chi connectivity index (χ2v) is 8.47. The van der Waals surface area contributed by atoms with Crippen LogP contribution in [-0.4, -0.2) is 74.5 Å². The number of morpholine rings is 1. The first kappa shape index (κ1) is 20.4. The Morgan fingerprint density at radius 2 is 2.07 bits per heavy atom. The number of rotatable bonds is 6. The van der Waals surface area contributed by atoms with Gasteiger partial charge in [-0.05, 0) is 30.7 Å². The SMILES string of the molecule is COc1ccc(Br)cc1CN1CCC(N(C)c2ccnc(N3CCOCC3)n2)C1. The number of hydrogen-bond acceptors (Lipinski definition) is 7. The zero-order chi connectivity index (χ0) is 20.2. The maximum absolute atomic E-state index is 5.54. The van der Waals surface area contributed by atoms with E-state index < -0.39 is 0 Å². The Bertz CT molecular complexity index is 830. The van der Waals surface area contributed by atoms with E-state index in [4.69, 9.17) is 14.5 Å². The maximum Gasteiger partial charge on any atom is 0.227 e. The fourth-order valence-corrected chi connectivity index (χ4v) is 4.43. The molecular weight excluding hydrogens is 434 g/mol. The molecule has 0 radical (unpaired) electrons. The molecule has 0 bridgehead atoms. The van der Waals surface area contributed by atoms with Gasteiger partial charge in [0.15, 0.2) is 0 Å². The van der Waals surface area contributed by atoms with Gasteiger partial charge < -0.3 is 19.3 Å². The molecule has 156 valence electrons. The Morgan fingerprint density at radius 3 is 2.86 bits per heavy atom. The van der Waals surface area contributed by atoms with Crippen LogP contribution in [0.1, 0.15) is 12.0 Å². The zero-order valence-corrected chi connectivity index (χ0v) is 18.6. The Morgan fingerprint density at radius 1 is 1.24 bits per heavy atom. The van der Waals surface area contributed by atoms with Crippen LogP contribution in [0.15, 0.2) is 34.9 Å². The highest BCUT2D eigenvalue weighted by Crippen LogP contribution is 2.27. The predicted octanol–water partition coefficient (Wildman–Crippen LogP) is 2.80. The van der Waals surface area contributed by atoms with Crippen molar-refractivity contribution in [3.05, 3.63) is 40.5 Å². The zero-order valence-electron chi connectivity index (χ0n) is 17.1. The molecule has 1 unspecified atom stereocenters. The summed E-state index contributed by atoms with van der Waals surface area (Å²) in [6.07, 6.45) is 2.98. The average Bonchev–Trinajstić information content (AvgIpc) is 3.22. The number of halogens is 1. The van der Waals surface area contributed by atoms with Crippen molar-refractivity contribution < 1.29 is 9.47 Å². The number of aromatic nitrogens is 2. The molecule has 4 rings (SSSR count). The predicted molar refractivity (Wildman–Crippen MR) is 118 cm³/mol. The van der Waals surface area contributed by atoms with Gasteiger partial charge in [-0.3, -0.25) is 4.90 Å². The fraction of sp³-hybridized carbons (Fsp3) is 0.524. The second-order valence-electron chi connectivity index (χ2n) is 7.56. The van der Waals surface area contributed by atoms with Crippen molar-refractivity contribution in [2.75, 3.05) is 63.4 Å². The van der Waals surface area contributed by atoms with E-state index in [0.717, 1.165) is 74.3 Å². The summed E-state index contributed by atoms with van der Waals surface area (Å²) in [6.45, 7) is 6.11. The maximum atomic E-state index is 5.54. The summed E-state index contributed by atoms with van der Waals surface area (Å²) < 4.78 is 12.1. The third-order valence-corrected chi connectivity index (χ3v) is 6.21. The number of methoxy groups -OCH3 is 1. The molecule has 0 N–H and O–H groups in total. The van der Waals surface area contributed by atoms with Crippen LogP contribution in [-0.2, 0) is 11.3 Å². The number of hydrogen-bond donors (Lipinski definition) is 0. The number of likely N-dealkylation sites (N-methyl/N-ethyl adjacent to an activating group) is 1. The lowest BCUT2D eigenvalue weighted by Gasteiger charge is -2.29. The molecule has 1 atom stereocenters. The van der Waals surface area contributed by atoms with Crippen LogP contribution in [0.4, 0.5) is 11.8 Å². The topological polar surface area (TPSA) is 54.0 Å². The summed E-state index contributed by atoms with van der Waals surface area (Å²) in [5.74, 6) is 2.72. The molecule has 0 spiro atoms. The highest BCUT2D eigenvalue weighted by Gasteiger charge is 2.27. The summed E-state index contributed by atoms with van der Waals surface area (Å²) in [5, 5.41) is 0. The van der Waals surface area contributed by atoms with Gasteiger partial charge in [0.1, 0.15) is 11.6 Å². The Balaban J connectivity index is 1.41. The van der Waals surface area contributed by atoms with Gasteiger partial charge >= 0.3 is 0 Å². The summed E-state index contributed by atoms with van der Waals surface area (Å²) in [7, 11) is 3.87. The molecule has 2 aliphatic heterocycles. The summed E-state index contributed by atoms with van der Waals surface area (Å²) in [4.78, 5) is 16.3. The van der Waals surface area contributed by atoms with E-state index in [0.29, 0.717) is 6.04 Å². The van der Waals surface area contributed by atoms with Gasteiger partial charge in [0, 0.05) is 62.0 Å². The second kappa shape index (κ2) is 9.28. The van der Waals surface area contributed by atoms with Crippen molar-refractivity contribution in [2.24, 2.45) is 0 Å². The van der Waals surface area contributed by atoms with E-state index in [1.165, 1.54) is 5.56 Å². The summed E-state index contributed by atoms with van der Waals surface area (Å²) >= 11 is 3.57. The highest BCUT2D eigenvalue weighted by molar-refractivity contribution is 9.10. The average molecular weight is 462 g/mol. The van der Waals surface area contributed by atoms with Crippen LogP contribution in [0.5, 0.6) is 5.75 Å². The fourth-order valence-electron chi connectivity index (χ4n) is 4.02. The molecule has 0 aliphatic carbocycles. The molecular formula is C21H28BrN5O2. The van der Waals surface area contributed by atoms with Crippen LogP contribution < -0.4 is 14.5 Å². The molecule has 2 aromatic rings. The minimum atomic E-state index is 0.431. The van der Waals surface area contributed by atoms with Crippen molar-refractivity contribution in [3.63, 3.8) is 0 Å².